The topological polar surface area (TPSA) is 56.0 Å². The lowest BCUT2D eigenvalue weighted by molar-refractivity contribution is 0.0516. The number of imidazole rings is 1. The van der Waals surface area contributed by atoms with Crippen LogP contribution in [0.25, 0.3) is 5.65 Å². The number of halogens is 1. The fraction of sp³-hybridized carbons (Fsp3) is 0.167. The first kappa shape index (κ1) is 16.2. The molecule has 24 heavy (non-hydrogen) atoms. The number of oxime groups is 1. The molecule has 2 heterocycles. The lowest BCUT2D eigenvalue weighted by Crippen LogP contribution is -2.06. The number of fused-ring (bicyclic) bond motifs is 1. The number of carbonyl (C=O) groups is 1. The molecule has 5 nitrogen and oxygen atoms in total. The van der Waals surface area contributed by atoms with Crippen LogP contribution in [0.3, 0.4) is 0 Å². The van der Waals surface area contributed by atoms with Crippen molar-refractivity contribution in [2.45, 2.75) is 20.8 Å². The molecule has 0 amide bonds. The Labute approximate surface area is 144 Å². The van der Waals surface area contributed by atoms with Gasteiger partial charge in [-0.15, -0.1) is 0 Å². The van der Waals surface area contributed by atoms with E-state index in [-0.39, 0.29) is 0 Å². The van der Waals surface area contributed by atoms with Crippen LogP contribution < -0.4 is 0 Å². The van der Waals surface area contributed by atoms with Gasteiger partial charge in [0.2, 0.25) is 0 Å². The molecule has 3 rings (SSSR count). The van der Waals surface area contributed by atoms with Crippen molar-refractivity contribution in [3.8, 4) is 0 Å². The SMILES string of the molecule is C/C(=N/OC(=O)c1ccc(Cl)cc1)c1c(C)nc2cc(C)ccn12. The molecule has 0 N–H and O–H groups in total. The highest BCUT2D eigenvalue weighted by molar-refractivity contribution is 6.30. The molecule has 0 spiro atoms. The van der Waals surface area contributed by atoms with E-state index >= 15 is 0 Å². The molecule has 0 saturated heterocycles. The highest BCUT2D eigenvalue weighted by Crippen LogP contribution is 2.15. The summed E-state index contributed by atoms with van der Waals surface area (Å²) in [7, 11) is 0. The van der Waals surface area contributed by atoms with Crippen molar-refractivity contribution < 1.29 is 9.63 Å². The molecular weight excluding hydrogens is 326 g/mol. The molecule has 0 atom stereocenters. The Hall–Kier alpha value is -2.66. The van der Waals surface area contributed by atoms with Crippen LogP contribution in [0.1, 0.15) is 34.2 Å². The predicted octanol–water partition coefficient (Wildman–Crippen LogP) is 4.19. The highest BCUT2D eigenvalue weighted by atomic mass is 35.5. The highest BCUT2D eigenvalue weighted by Gasteiger charge is 2.13. The van der Waals surface area contributed by atoms with Crippen molar-refractivity contribution in [2.75, 3.05) is 0 Å². The maximum Gasteiger partial charge on any atom is 0.365 e. The Balaban J connectivity index is 1.87. The molecule has 0 saturated carbocycles. The molecule has 0 aliphatic rings. The number of nitrogens with zero attached hydrogens (tertiary/aromatic N) is 3. The van der Waals surface area contributed by atoms with E-state index in [1.54, 1.807) is 31.2 Å². The van der Waals surface area contributed by atoms with Gasteiger partial charge in [-0.3, -0.25) is 4.40 Å². The van der Waals surface area contributed by atoms with Crippen LogP contribution in [0.5, 0.6) is 0 Å². The Morgan fingerprint density at radius 1 is 1.21 bits per heavy atom. The summed E-state index contributed by atoms with van der Waals surface area (Å²) in [6, 6.07) is 10.4. The normalized spacial score (nSPS) is 11.8. The number of hydrogen-bond donors (Lipinski definition) is 0. The molecule has 0 aliphatic carbocycles. The summed E-state index contributed by atoms with van der Waals surface area (Å²) in [6.45, 7) is 5.70. The first-order valence-electron chi connectivity index (χ1n) is 7.43. The largest absolute Gasteiger partial charge is 0.365 e. The van der Waals surface area contributed by atoms with E-state index in [0.717, 1.165) is 22.6 Å². The van der Waals surface area contributed by atoms with Gasteiger partial charge in [0.15, 0.2) is 0 Å². The zero-order valence-electron chi connectivity index (χ0n) is 13.6. The maximum atomic E-state index is 12.0. The van der Waals surface area contributed by atoms with Crippen molar-refractivity contribution in [1.29, 1.82) is 0 Å². The van der Waals surface area contributed by atoms with Gasteiger partial charge in [0, 0.05) is 11.2 Å². The molecule has 0 radical (unpaired) electrons. The summed E-state index contributed by atoms with van der Waals surface area (Å²) in [5.74, 6) is -0.534. The van der Waals surface area contributed by atoms with Gasteiger partial charge in [-0.25, -0.2) is 9.78 Å². The zero-order valence-corrected chi connectivity index (χ0v) is 14.3. The average molecular weight is 342 g/mol. The molecule has 6 heteroatoms. The average Bonchev–Trinajstić information content (AvgIpc) is 2.87. The second-order valence-electron chi connectivity index (χ2n) is 5.54. The Kier molecular flexibility index (Phi) is 4.36. The Morgan fingerprint density at radius 2 is 1.92 bits per heavy atom. The fourth-order valence-electron chi connectivity index (χ4n) is 2.49. The summed E-state index contributed by atoms with van der Waals surface area (Å²) in [5, 5.41) is 4.53. The summed E-state index contributed by atoms with van der Waals surface area (Å²) >= 11 is 5.81. The number of aromatic nitrogens is 2. The minimum Gasteiger partial charge on any atom is -0.312 e. The Bertz CT molecular complexity index is 943. The Morgan fingerprint density at radius 3 is 2.62 bits per heavy atom. The van der Waals surface area contributed by atoms with Gasteiger partial charge in [0.1, 0.15) is 11.4 Å². The number of hydrogen-bond acceptors (Lipinski definition) is 4. The van der Waals surface area contributed by atoms with Crippen molar-refractivity contribution in [2.24, 2.45) is 5.16 Å². The van der Waals surface area contributed by atoms with E-state index < -0.39 is 5.97 Å². The van der Waals surface area contributed by atoms with Crippen molar-refractivity contribution in [1.82, 2.24) is 9.38 Å². The summed E-state index contributed by atoms with van der Waals surface area (Å²) in [6.07, 6.45) is 1.93. The maximum absolute atomic E-state index is 12.0. The molecule has 0 fully saturated rings. The lowest BCUT2D eigenvalue weighted by Gasteiger charge is -2.03. The zero-order chi connectivity index (χ0) is 17.3. The molecule has 1 aromatic carbocycles. The van der Waals surface area contributed by atoms with E-state index in [0.29, 0.717) is 16.3 Å². The van der Waals surface area contributed by atoms with Gasteiger partial charge in [-0.2, -0.15) is 0 Å². The van der Waals surface area contributed by atoms with Crippen molar-refractivity contribution in [3.63, 3.8) is 0 Å². The minimum absolute atomic E-state index is 0.390. The van der Waals surface area contributed by atoms with Crippen LogP contribution in [-0.4, -0.2) is 21.1 Å². The molecule has 2 aromatic heterocycles. The second kappa shape index (κ2) is 6.45. The van der Waals surface area contributed by atoms with Gasteiger partial charge in [0.05, 0.1) is 17.0 Å². The number of pyridine rings is 1. The van der Waals surface area contributed by atoms with Gasteiger partial charge in [-0.1, -0.05) is 16.8 Å². The molecule has 0 unspecified atom stereocenters. The molecular formula is C18H16ClN3O2. The monoisotopic (exact) mass is 341 g/mol. The standard InChI is InChI=1S/C18H16ClN3O2/c1-11-8-9-22-16(10-11)20-12(2)17(22)13(3)21-24-18(23)14-4-6-15(19)7-5-14/h4-10H,1-3H3/b21-13-. The van der Waals surface area contributed by atoms with Gasteiger partial charge >= 0.3 is 5.97 Å². The van der Waals surface area contributed by atoms with E-state index in [4.69, 9.17) is 16.4 Å². The summed E-state index contributed by atoms with van der Waals surface area (Å²) < 4.78 is 1.93. The van der Waals surface area contributed by atoms with Gasteiger partial charge < -0.3 is 4.84 Å². The molecule has 0 aliphatic heterocycles. The van der Waals surface area contributed by atoms with Gasteiger partial charge in [-0.05, 0) is 62.7 Å². The van der Waals surface area contributed by atoms with E-state index in [9.17, 15) is 4.79 Å². The molecule has 122 valence electrons. The number of benzene rings is 1. The van der Waals surface area contributed by atoms with Crippen LogP contribution in [0, 0.1) is 13.8 Å². The number of aryl methyl sites for hydroxylation is 2. The quantitative estimate of drug-likeness (QED) is 0.408. The number of rotatable bonds is 3. The molecule has 0 bridgehead atoms. The molecule has 3 aromatic rings. The fourth-order valence-corrected chi connectivity index (χ4v) is 2.62. The third-order valence-electron chi connectivity index (χ3n) is 3.64. The van der Waals surface area contributed by atoms with Gasteiger partial charge in [0.25, 0.3) is 0 Å². The summed E-state index contributed by atoms with van der Waals surface area (Å²) in [4.78, 5) is 21.6. The minimum atomic E-state index is -0.534. The van der Waals surface area contributed by atoms with Crippen LogP contribution in [0.2, 0.25) is 5.02 Å². The van der Waals surface area contributed by atoms with E-state index in [1.807, 2.05) is 36.6 Å². The van der Waals surface area contributed by atoms with Crippen LogP contribution in [0.4, 0.5) is 0 Å². The first-order chi connectivity index (χ1) is 11.5. The second-order valence-corrected chi connectivity index (χ2v) is 5.98. The van der Waals surface area contributed by atoms with Crippen LogP contribution >= 0.6 is 11.6 Å². The predicted molar refractivity (Wildman–Crippen MR) is 93.7 cm³/mol. The van der Waals surface area contributed by atoms with Crippen molar-refractivity contribution in [3.05, 3.63) is 70.1 Å². The van der Waals surface area contributed by atoms with E-state index in [2.05, 4.69) is 10.1 Å². The number of carbonyl (C=O) groups excluding carboxylic acids is 1. The third-order valence-corrected chi connectivity index (χ3v) is 3.90. The lowest BCUT2D eigenvalue weighted by atomic mass is 10.2. The van der Waals surface area contributed by atoms with Crippen LogP contribution in [0.15, 0.2) is 47.8 Å². The third kappa shape index (κ3) is 3.16. The van der Waals surface area contributed by atoms with E-state index in [1.165, 1.54) is 0 Å². The van der Waals surface area contributed by atoms with Crippen molar-refractivity contribution >= 4 is 28.9 Å². The summed E-state index contributed by atoms with van der Waals surface area (Å²) in [5.41, 5.74) is 4.56. The first-order valence-corrected chi connectivity index (χ1v) is 7.80. The van der Waals surface area contributed by atoms with Crippen LogP contribution in [-0.2, 0) is 4.84 Å². The smallest absolute Gasteiger partial charge is 0.312 e.